The fraction of sp³-hybridized carbons (Fsp3) is 0.333. The van der Waals surface area contributed by atoms with Crippen molar-refractivity contribution in [3.8, 4) is 17.2 Å². The predicted molar refractivity (Wildman–Crippen MR) is 178 cm³/mol. The minimum atomic E-state index is -0.704. The van der Waals surface area contributed by atoms with E-state index in [1.807, 2.05) is 37.3 Å². The van der Waals surface area contributed by atoms with Crippen LogP contribution in [0.2, 0.25) is 0 Å². The van der Waals surface area contributed by atoms with Crippen molar-refractivity contribution >= 4 is 28.8 Å². The van der Waals surface area contributed by atoms with Crippen LogP contribution in [0.3, 0.4) is 0 Å². The summed E-state index contributed by atoms with van der Waals surface area (Å²) in [5.41, 5.74) is 9.85. The van der Waals surface area contributed by atoms with Crippen LogP contribution in [0.1, 0.15) is 48.5 Å². The smallest absolute Gasteiger partial charge is 0.248 e. The molecule has 3 aliphatic rings. The van der Waals surface area contributed by atoms with Crippen molar-refractivity contribution in [1.29, 1.82) is 0 Å². The second kappa shape index (κ2) is 13.8. The second-order valence-electron chi connectivity index (χ2n) is 11.5. The number of primary amides is 1. The first-order valence-electron chi connectivity index (χ1n) is 15.0. The van der Waals surface area contributed by atoms with E-state index < -0.39 is 11.5 Å². The highest BCUT2D eigenvalue weighted by Crippen LogP contribution is 2.40. The van der Waals surface area contributed by atoms with Crippen LogP contribution in [-0.2, 0) is 0 Å². The number of piperidine rings is 1. The van der Waals surface area contributed by atoms with Crippen LogP contribution in [0.5, 0.6) is 17.2 Å². The minimum Gasteiger partial charge on any atom is -0.487 e. The van der Waals surface area contributed by atoms with Gasteiger partial charge in [-0.1, -0.05) is 48.6 Å². The molecule has 1 fully saturated rings. The van der Waals surface area contributed by atoms with Gasteiger partial charge in [0, 0.05) is 54.3 Å². The summed E-state index contributed by atoms with van der Waals surface area (Å²) in [6.45, 7) is 8.84. The number of carbonyl (C=O) groups excluding carboxylic acids is 1. The van der Waals surface area contributed by atoms with Gasteiger partial charge >= 0.3 is 0 Å². The Bertz CT molecular complexity index is 1560. The lowest BCUT2D eigenvalue weighted by Crippen LogP contribution is -2.48. The van der Waals surface area contributed by atoms with Crippen molar-refractivity contribution in [2.24, 2.45) is 16.6 Å². The van der Waals surface area contributed by atoms with Gasteiger partial charge in [-0.3, -0.25) is 9.79 Å². The third kappa shape index (κ3) is 7.07. The number of halogens is 1. The van der Waals surface area contributed by atoms with E-state index in [1.54, 1.807) is 37.4 Å². The average molecular weight is 614 g/mol. The van der Waals surface area contributed by atoms with E-state index in [0.29, 0.717) is 23.7 Å². The van der Waals surface area contributed by atoms with E-state index in [0.717, 1.165) is 84.1 Å². The molecule has 0 bridgehead atoms. The van der Waals surface area contributed by atoms with Gasteiger partial charge < -0.3 is 25.2 Å². The highest BCUT2D eigenvalue weighted by molar-refractivity contribution is 6.32. The Hall–Kier alpha value is -3.91. The topological polar surface area (TPSA) is 97.4 Å². The standard InChI is InChI=1S/C36H40ClN3O4/c1-4-6-30-29(7-5-18-40-19-16-36(42,17-20-40)26-10-14-32(37)24(2)21-26)31-22-28(13-15-34(31)43-23-33(30)39-3)44-27-11-8-25(9-12-27)35(38)41/h4,6-9,11-15,21-22,26,42H,1,5,10,16-20,23H2,2-3H3,(H2,38,41)/b29-7+,30-6-,39-33-. The Morgan fingerprint density at radius 3 is 2.59 bits per heavy atom. The summed E-state index contributed by atoms with van der Waals surface area (Å²) in [5, 5.41) is 12.3. The molecule has 0 radical (unpaired) electrons. The lowest BCUT2D eigenvalue weighted by atomic mass is 9.75. The molecule has 5 rings (SSSR count). The molecule has 1 amide bonds. The van der Waals surface area contributed by atoms with Gasteiger partial charge in [-0.05, 0) is 86.2 Å². The first kappa shape index (κ1) is 31.5. The van der Waals surface area contributed by atoms with E-state index in [4.69, 9.17) is 26.8 Å². The van der Waals surface area contributed by atoms with E-state index in [2.05, 4.69) is 28.6 Å². The maximum Gasteiger partial charge on any atom is 0.248 e. The fourth-order valence-electron chi connectivity index (χ4n) is 6.11. The van der Waals surface area contributed by atoms with Crippen LogP contribution >= 0.6 is 11.6 Å². The Kier molecular flexibility index (Phi) is 9.89. The van der Waals surface area contributed by atoms with Crippen molar-refractivity contribution in [2.45, 2.75) is 38.2 Å². The molecule has 44 heavy (non-hydrogen) atoms. The van der Waals surface area contributed by atoms with E-state index in [9.17, 15) is 9.90 Å². The van der Waals surface area contributed by atoms with E-state index in [1.165, 1.54) is 0 Å². The Morgan fingerprint density at radius 2 is 1.93 bits per heavy atom. The number of hydrogen-bond donors (Lipinski definition) is 2. The normalized spacial score (nSPS) is 22.9. The van der Waals surface area contributed by atoms with Gasteiger partial charge in [-0.2, -0.15) is 0 Å². The molecule has 7 nitrogen and oxygen atoms in total. The third-order valence-electron chi connectivity index (χ3n) is 8.72. The molecule has 2 aromatic carbocycles. The molecule has 2 aliphatic heterocycles. The van der Waals surface area contributed by atoms with Gasteiger partial charge in [-0.15, -0.1) is 0 Å². The summed E-state index contributed by atoms with van der Waals surface area (Å²) in [5.74, 6) is 1.60. The van der Waals surface area contributed by atoms with Crippen LogP contribution in [0.4, 0.5) is 0 Å². The first-order chi connectivity index (χ1) is 21.2. The monoisotopic (exact) mass is 613 g/mol. The molecule has 1 atom stereocenters. The molecule has 0 saturated carbocycles. The summed E-state index contributed by atoms with van der Waals surface area (Å²) < 4.78 is 12.3. The second-order valence-corrected chi connectivity index (χ2v) is 11.9. The molecular weight excluding hydrogens is 574 g/mol. The van der Waals surface area contributed by atoms with Crippen LogP contribution in [0.25, 0.3) is 5.57 Å². The van der Waals surface area contributed by atoms with Crippen LogP contribution in [-0.4, -0.2) is 60.5 Å². The van der Waals surface area contributed by atoms with Crippen LogP contribution < -0.4 is 15.2 Å². The number of fused-ring (bicyclic) bond motifs is 1. The number of amides is 1. The molecular formula is C36H40ClN3O4. The number of carbonyl (C=O) groups is 1. The minimum absolute atomic E-state index is 0.104. The molecule has 0 aromatic heterocycles. The lowest BCUT2D eigenvalue weighted by molar-refractivity contribution is -0.0524. The van der Waals surface area contributed by atoms with Crippen molar-refractivity contribution in [3.05, 3.63) is 107 Å². The highest BCUT2D eigenvalue weighted by atomic mass is 35.5. The number of aliphatic hydroxyl groups is 1. The molecule has 3 N–H and O–H groups in total. The Balaban J connectivity index is 1.34. The number of benzene rings is 2. The molecule has 8 heteroatoms. The molecule has 1 unspecified atom stereocenters. The maximum absolute atomic E-state index is 11.5. The van der Waals surface area contributed by atoms with Gasteiger partial charge in [0.2, 0.25) is 5.91 Å². The molecule has 0 spiro atoms. The molecule has 2 aromatic rings. The summed E-state index contributed by atoms with van der Waals surface area (Å²) in [6.07, 6.45) is 13.2. The van der Waals surface area contributed by atoms with Crippen molar-refractivity contribution in [1.82, 2.24) is 4.90 Å². The number of allylic oxidation sites excluding steroid dienone is 6. The lowest BCUT2D eigenvalue weighted by Gasteiger charge is -2.42. The average Bonchev–Trinajstić information content (AvgIpc) is 3.16. The van der Waals surface area contributed by atoms with Gasteiger partial charge in [0.05, 0.1) is 11.3 Å². The van der Waals surface area contributed by atoms with Crippen molar-refractivity contribution in [2.75, 3.05) is 33.3 Å². The van der Waals surface area contributed by atoms with Crippen molar-refractivity contribution < 1.29 is 19.4 Å². The molecule has 1 aliphatic carbocycles. The summed E-state index contributed by atoms with van der Waals surface area (Å²) in [6, 6.07) is 12.5. The van der Waals surface area contributed by atoms with E-state index >= 15 is 0 Å². The van der Waals surface area contributed by atoms with Crippen LogP contribution in [0, 0.1) is 5.92 Å². The van der Waals surface area contributed by atoms with Crippen molar-refractivity contribution in [3.63, 3.8) is 0 Å². The van der Waals surface area contributed by atoms with Gasteiger partial charge in [-0.25, -0.2) is 0 Å². The Morgan fingerprint density at radius 1 is 1.20 bits per heavy atom. The quantitative estimate of drug-likeness (QED) is 0.340. The van der Waals surface area contributed by atoms with Gasteiger partial charge in [0.15, 0.2) is 0 Å². The maximum atomic E-state index is 11.5. The summed E-state index contributed by atoms with van der Waals surface area (Å²) in [4.78, 5) is 18.4. The first-order valence-corrected chi connectivity index (χ1v) is 15.4. The number of nitrogens with zero attached hydrogens (tertiary/aromatic N) is 2. The number of ether oxygens (including phenoxy) is 2. The fourth-order valence-corrected chi connectivity index (χ4v) is 6.26. The third-order valence-corrected chi connectivity index (χ3v) is 9.17. The van der Waals surface area contributed by atoms with Gasteiger partial charge in [0.1, 0.15) is 23.9 Å². The van der Waals surface area contributed by atoms with Gasteiger partial charge in [0.25, 0.3) is 0 Å². The summed E-state index contributed by atoms with van der Waals surface area (Å²) >= 11 is 6.26. The highest BCUT2D eigenvalue weighted by Gasteiger charge is 2.39. The molecule has 230 valence electrons. The number of likely N-dealkylation sites (tertiary alicyclic amines) is 1. The predicted octanol–water partition coefficient (Wildman–Crippen LogP) is 6.84. The zero-order chi connectivity index (χ0) is 31.3. The summed E-state index contributed by atoms with van der Waals surface area (Å²) in [7, 11) is 1.77. The number of rotatable bonds is 8. The largest absolute Gasteiger partial charge is 0.487 e. The zero-order valence-electron chi connectivity index (χ0n) is 25.4. The molecule has 1 saturated heterocycles. The molecule has 2 heterocycles. The number of aliphatic imine (C=N–C) groups is 1. The van der Waals surface area contributed by atoms with E-state index in [-0.39, 0.29) is 5.92 Å². The Labute approximate surface area is 264 Å². The number of nitrogens with two attached hydrogens (primary N) is 1. The zero-order valence-corrected chi connectivity index (χ0v) is 26.1. The SMILES string of the molecule is C=C/C=C1C(=C\CCN2CCC(O)(C3C=C(C)C(Cl)=CC3)CC2)/c2cc(Oc3ccc(C(N)=O)cc3)ccc2OCC/1=N/C. The van der Waals surface area contributed by atoms with Crippen LogP contribution in [0.15, 0.2) is 101 Å². The number of hydrogen-bond acceptors (Lipinski definition) is 6.